The second kappa shape index (κ2) is 7.35. The van der Waals surface area contributed by atoms with Crippen LogP contribution in [-0.2, 0) is 0 Å². The molecule has 1 aliphatic rings. The standard InChI is InChI=1S/C16H21N9O/c1-11(2)25-12(3)20-15(22-25)21-16(26)24-8-6-23(7-9-24)14-13(10-17)18-4-5-19-14/h4-5,11H,6-9H2,1-3H3,(H,21,22,26). The maximum absolute atomic E-state index is 12.5. The number of urea groups is 1. The van der Waals surface area contributed by atoms with Crippen molar-refractivity contribution in [3.05, 3.63) is 23.9 Å². The van der Waals surface area contributed by atoms with Crippen LogP contribution in [0.15, 0.2) is 12.4 Å². The number of aromatic nitrogens is 5. The molecule has 3 rings (SSSR count). The van der Waals surface area contributed by atoms with E-state index in [1.54, 1.807) is 15.8 Å². The van der Waals surface area contributed by atoms with Crippen molar-refractivity contribution in [1.82, 2.24) is 29.6 Å². The lowest BCUT2D eigenvalue weighted by atomic mass is 10.3. The van der Waals surface area contributed by atoms with Crippen LogP contribution in [0.25, 0.3) is 0 Å². The highest BCUT2D eigenvalue weighted by atomic mass is 16.2. The van der Waals surface area contributed by atoms with E-state index in [2.05, 4.69) is 25.4 Å². The topological polar surface area (TPSA) is 116 Å². The molecular formula is C16H21N9O. The van der Waals surface area contributed by atoms with E-state index in [1.165, 1.54) is 6.20 Å². The fraction of sp³-hybridized carbons (Fsp3) is 0.500. The van der Waals surface area contributed by atoms with Crippen LogP contribution >= 0.6 is 0 Å². The Hall–Kier alpha value is -3.22. The van der Waals surface area contributed by atoms with Crippen molar-refractivity contribution in [3.63, 3.8) is 0 Å². The first kappa shape index (κ1) is 17.6. The van der Waals surface area contributed by atoms with E-state index < -0.39 is 0 Å². The molecular weight excluding hydrogens is 334 g/mol. The minimum absolute atomic E-state index is 0.179. The molecule has 0 aliphatic carbocycles. The van der Waals surface area contributed by atoms with Gasteiger partial charge in [0.15, 0.2) is 11.5 Å². The highest BCUT2D eigenvalue weighted by Gasteiger charge is 2.24. The fourth-order valence-corrected chi connectivity index (χ4v) is 2.88. The molecule has 10 nitrogen and oxygen atoms in total. The summed E-state index contributed by atoms with van der Waals surface area (Å²) in [6, 6.07) is 2.00. The van der Waals surface area contributed by atoms with Gasteiger partial charge in [-0.15, -0.1) is 5.10 Å². The van der Waals surface area contributed by atoms with Gasteiger partial charge in [-0.05, 0) is 20.8 Å². The van der Waals surface area contributed by atoms with Crippen LogP contribution in [-0.4, -0.2) is 61.8 Å². The number of carbonyl (C=O) groups excluding carboxylic acids is 1. The second-order valence-electron chi connectivity index (χ2n) is 6.27. The third-order valence-corrected chi connectivity index (χ3v) is 4.16. The number of anilines is 2. The van der Waals surface area contributed by atoms with Crippen molar-refractivity contribution in [2.75, 3.05) is 36.4 Å². The molecule has 1 N–H and O–H groups in total. The van der Waals surface area contributed by atoms with Crippen LogP contribution in [0.1, 0.15) is 31.4 Å². The number of amides is 2. The molecule has 1 fully saturated rings. The zero-order valence-electron chi connectivity index (χ0n) is 15.0. The number of aryl methyl sites for hydroxylation is 1. The number of nitrogens with zero attached hydrogens (tertiary/aromatic N) is 8. The smallest absolute Gasteiger partial charge is 0.324 e. The third-order valence-electron chi connectivity index (χ3n) is 4.16. The number of hydrogen-bond acceptors (Lipinski definition) is 7. The summed E-state index contributed by atoms with van der Waals surface area (Å²) >= 11 is 0. The van der Waals surface area contributed by atoms with Gasteiger partial charge in [0.1, 0.15) is 11.9 Å². The summed E-state index contributed by atoms with van der Waals surface area (Å²) in [5, 5.41) is 16.2. The molecule has 3 heterocycles. The molecule has 2 aromatic heterocycles. The van der Waals surface area contributed by atoms with Gasteiger partial charge in [-0.1, -0.05) is 0 Å². The van der Waals surface area contributed by atoms with Crippen molar-refractivity contribution in [1.29, 1.82) is 5.26 Å². The number of rotatable bonds is 3. The summed E-state index contributed by atoms with van der Waals surface area (Å²) < 4.78 is 1.77. The summed E-state index contributed by atoms with van der Waals surface area (Å²) in [6.45, 7) is 8.05. The van der Waals surface area contributed by atoms with E-state index in [-0.39, 0.29) is 12.1 Å². The minimum atomic E-state index is -0.231. The SMILES string of the molecule is Cc1nc(NC(=O)N2CCN(c3nccnc3C#N)CC2)nn1C(C)C. The second-order valence-corrected chi connectivity index (χ2v) is 6.27. The van der Waals surface area contributed by atoms with E-state index in [0.29, 0.717) is 43.6 Å². The Morgan fingerprint density at radius 1 is 1.23 bits per heavy atom. The number of piperazine rings is 1. The molecule has 0 saturated carbocycles. The first-order valence-electron chi connectivity index (χ1n) is 8.44. The average molecular weight is 355 g/mol. The number of carbonyl (C=O) groups is 1. The predicted molar refractivity (Wildman–Crippen MR) is 94.7 cm³/mol. The van der Waals surface area contributed by atoms with E-state index in [1.807, 2.05) is 31.7 Å². The zero-order valence-corrected chi connectivity index (χ0v) is 15.0. The predicted octanol–water partition coefficient (Wildman–Crippen LogP) is 1.18. The summed E-state index contributed by atoms with van der Waals surface area (Å²) in [6.07, 6.45) is 3.06. The van der Waals surface area contributed by atoms with E-state index in [0.717, 1.165) is 5.82 Å². The van der Waals surface area contributed by atoms with E-state index >= 15 is 0 Å². The molecule has 1 saturated heterocycles. The van der Waals surface area contributed by atoms with Crippen molar-refractivity contribution in [2.45, 2.75) is 26.8 Å². The van der Waals surface area contributed by atoms with Gasteiger partial charge >= 0.3 is 6.03 Å². The van der Waals surface area contributed by atoms with Gasteiger partial charge in [0.2, 0.25) is 5.95 Å². The lowest BCUT2D eigenvalue weighted by Crippen LogP contribution is -2.50. The normalized spacial score (nSPS) is 14.4. The van der Waals surface area contributed by atoms with Crippen LogP contribution in [0.2, 0.25) is 0 Å². The highest BCUT2D eigenvalue weighted by molar-refractivity contribution is 5.87. The van der Waals surface area contributed by atoms with Crippen LogP contribution in [0, 0.1) is 18.3 Å². The fourth-order valence-electron chi connectivity index (χ4n) is 2.88. The van der Waals surface area contributed by atoms with Crippen LogP contribution in [0.4, 0.5) is 16.6 Å². The maximum Gasteiger partial charge on any atom is 0.324 e. The molecule has 0 aromatic carbocycles. The van der Waals surface area contributed by atoms with Gasteiger partial charge in [-0.3, -0.25) is 5.32 Å². The zero-order chi connectivity index (χ0) is 18.7. The molecule has 0 spiro atoms. The Morgan fingerprint density at radius 2 is 1.92 bits per heavy atom. The molecule has 10 heteroatoms. The monoisotopic (exact) mass is 355 g/mol. The van der Waals surface area contributed by atoms with Gasteiger partial charge in [0, 0.05) is 44.6 Å². The molecule has 1 aliphatic heterocycles. The summed E-state index contributed by atoms with van der Waals surface area (Å²) in [5.74, 6) is 1.62. The van der Waals surface area contributed by atoms with Crippen molar-refractivity contribution >= 4 is 17.8 Å². The van der Waals surface area contributed by atoms with Crippen LogP contribution < -0.4 is 10.2 Å². The number of hydrogen-bond donors (Lipinski definition) is 1. The Kier molecular flexibility index (Phi) is 4.97. The van der Waals surface area contributed by atoms with Gasteiger partial charge < -0.3 is 9.80 Å². The molecule has 0 atom stereocenters. The van der Waals surface area contributed by atoms with Gasteiger partial charge in [0.25, 0.3) is 0 Å². The van der Waals surface area contributed by atoms with Crippen molar-refractivity contribution < 1.29 is 4.79 Å². The Labute approximate surface area is 151 Å². The Bertz CT molecular complexity index is 830. The Morgan fingerprint density at radius 3 is 2.54 bits per heavy atom. The molecule has 26 heavy (non-hydrogen) atoms. The van der Waals surface area contributed by atoms with Crippen molar-refractivity contribution in [3.8, 4) is 6.07 Å². The lowest BCUT2D eigenvalue weighted by Gasteiger charge is -2.35. The first-order valence-corrected chi connectivity index (χ1v) is 8.44. The highest BCUT2D eigenvalue weighted by Crippen LogP contribution is 2.17. The summed E-state index contributed by atoms with van der Waals surface area (Å²) in [5.41, 5.74) is 0.296. The van der Waals surface area contributed by atoms with Gasteiger partial charge in [-0.25, -0.2) is 19.4 Å². The number of nitrogens with one attached hydrogen (secondary N) is 1. The first-order chi connectivity index (χ1) is 12.5. The maximum atomic E-state index is 12.5. The molecule has 136 valence electrons. The molecule has 0 radical (unpaired) electrons. The van der Waals surface area contributed by atoms with Gasteiger partial charge in [0.05, 0.1) is 0 Å². The quantitative estimate of drug-likeness (QED) is 0.879. The van der Waals surface area contributed by atoms with E-state index in [9.17, 15) is 4.79 Å². The van der Waals surface area contributed by atoms with Crippen LogP contribution in [0.5, 0.6) is 0 Å². The third kappa shape index (κ3) is 3.56. The lowest BCUT2D eigenvalue weighted by molar-refractivity contribution is 0.208. The van der Waals surface area contributed by atoms with E-state index in [4.69, 9.17) is 5.26 Å². The summed E-state index contributed by atoms with van der Waals surface area (Å²) in [4.78, 5) is 28.7. The molecule has 0 unspecified atom stereocenters. The molecule has 0 bridgehead atoms. The number of nitriles is 1. The molecule has 2 amide bonds. The van der Waals surface area contributed by atoms with Crippen molar-refractivity contribution in [2.24, 2.45) is 0 Å². The Balaban J connectivity index is 1.60. The minimum Gasteiger partial charge on any atom is -0.351 e. The summed E-state index contributed by atoms with van der Waals surface area (Å²) in [7, 11) is 0. The van der Waals surface area contributed by atoms with Crippen LogP contribution in [0.3, 0.4) is 0 Å². The average Bonchev–Trinajstić information content (AvgIpc) is 3.02. The largest absolute Gasteiger partial charge is 0.351 e. The molecule has 2 aromatic rings. The van der Waals surface area contributed by atoms with Gasteiger partial charge in [-0.2, -0.15) is 10.2 Å².